The number of nitrogens with zero attached hydrogens (tertiary/aromatic N) is 1. The summed E-state index contributed by atoms with van der Waals surface area (Å²) in [6.07, 6.45) is 1.48. The van der Waals surface area contributed by atoms with E-state index in [1.807, 2.05) is 44.2 Å². The summed E-state index contributed by atoms with van der Waals surface area (Å²) in [4.78, 5) is 12.5. The van der Waals surface area contributed by atoms with Crippen LogP contribution in [-0.2, 0) is 6.61 Å². The van der Waals surface area contributed by atoms with Crippen LogP contribution in [0, 0.1) is 6.92 Å². The van der Waals surface area contributed by atoms with E-state index in [0.717, 1.165) is 25.5 Å². The van der Waals surface area contributed by atoms with E-state index in [-0.39, 0.29) is 5.76 Å². The predicted octanol–water partition coefficient (Wildman–Crippen LogP) is 7.66. The van der Waals surface area contributed by atoms with Gasteiger partial charge in [0.1, 0.15) is 12.2 Å². The van der Waals surface area contributed by atoms with Gasteiger partial charge < -0.3 is 13.9 Å². The second kappa shape index (κ2) is 11.3. The Morgan fingerprint density at radius 3 is 2.74 bits per heavy atom. The highest BCUT2D eigenvalue weighted by molar-refractivity contribution is 9.11. The third kappa shape index (κ3) is 6.25. The van der Waals surface area contributed by atoms with Gasteiger partial charge in [-0.25, -0.2) is 5.43 Å². The van der Waals surface area contributed by atoms with Gasteiger partial charge in [0.15, 0.2) is 17.3 Å². The van der Waals surface area contributed by atoms with Crippen molar-refractivity contribution in [2.45, 2.75) is 20.5 Å². The summed E-state index contributed by atoms with van der Waals surface area (Å²) in [6.45, 7) is 4.70. The summed E-state index contributed by atoms with van der Waals surface area (Å²) in [5.74, 6) is 0.613. The Hall–Kier alpha value is -2.81. The van der Waals surface area contributed by atoms with Crippen molar-refractivity contribution in [3.05, 3.63) is 91.0 Å². The highest BCUT2D eigenvalue weighted by Crippen LogP contribution is 2.37. The number of furan rings is 1. The number of carbonyl (C=O) groups is 1. The SMILES string of the molecule is CCOc1cc(/C=N\NC(=O)c2cc3cc(Br)cc(Br)c3o2)cc(Cl)c1OCc1cccc(C)c1. The molecule has 0 unspecified atom stereocenters. The third-order valence-electron chi connectivity index (χ3n) is 4.94. The van der Waals surface area contributed by atoms with E-state index in [2.05, 4.69) is 48.5 Å². The van der Waals surface area contributed by atoms with Gasteiger partial charge in [-0.05, 0) is 71.2 Å². The maximum atomic E-state index is 12.5. The molecular formula is C26H21Br2ClN2O4. The molecule has 0 spiro atoms. The number of carbonyl (C=O) groups excluding carboxylic acids is 1. The maximum absolute atomic E-state index is 12.5. The molecule has 35 heavy (non-hydrogen) atoms. The molecule has 9 heteroatoms. The number of ether oxygens (including phenoxy) is 2. The lowest BCUT2D eigenvalue weighted by Gasteiger charge is -2.14. The van der Waals surface area contributed by atoms with Crippen molar-refractivity contribution in [1.29, 1.82) is 0 Å². The topological polar surface area (TPSA) is 73.1 Å². The van der Waals surface area contributed by atoms with Crippen molar-refractivity contribution in [2.24, 2.45) is 5.10 Å². The lowest BCUT2D eigenvalue weighted by molar-refractivity contribution is 0.0929. The molecule has 1 aromatic heterocycles. The molecule has 0 radical (unpaired) electrons. The van der Waals surface area contributed by atoms with Crippen LogP contribution in [0.5, 0.6) is 11.5 Å². The van der Waals surface area contributed by atoms with Gasteiger partial charge in [0, 0.05) is 9.86 Å². The summed E-state index contributed by atoms with van der Waals surface area (Å²) in [6, 6.07) is 16.9. The van der Waals surface area contributed by atoms with Crippen molar-refractivity contribution < 1.29 is 18.7 Å². The minimum atomic E-state index is -0.477. The van der Waals surface area contributed by atoms with E-state index in [1.165, 1.54) is 6.21 Å². The first kappa shape index (κ1) is 25.3. The van der Waals surface area contributed by atoms with Gasteiger partial charge in [0.2, 0.25) is 0 Å². The molecule has 6 nitrogen and oxygen atoms in total. The van der Waals surface area contributed by atoms with Crippen LogP contribution in [0.4, 0.5) is 0 Å². The Labute approximate surface area is 224 Å². The number of hydrazone groups is 1. The van der Waals surface area contributed by atoms with E-state index in [1.54, 1.807) is 18.2 Å². The smallest absolute Gasteiger partial charge is 0.307 e. The number of rotatable bonds is 8. The number of amides is 1. The summed E-state index contributed by atoms with van der Waals surface area (Å²) in [5.41, 5.74) is 5.87. The van der Waals surface area contributed by atoms with Gasteiger partial charge >= 0.3 is 5.91 Å². The van der Waals surface area contributed by atoms with Crippen LogP contribution in [0.3, 0.4) is 0 Å². The van der Waals surface area contributed by atoms with Gasteiger partial charge in [-0.3, -0.25) is 4.79 Å². The Morgan fingerprint density at radius 2 is 1.97 bits per heavy atom. The molecule has 180 valence electrons. The Bertz CT molecular complexity index is 1420. The number of hydrogen-bond donors (Lipinski definition) is 1. The van der Waals surface area contributed by atoms with Crippen LogP contribution in [0.2, 0.25) is 5.02 Å². The summed E-state index contributed by atoms with van der Waals surface area (Å²) < 4.78 is 19.0. The molecule has 0 aliphatic carbocycles. The highest BCUT2D eigenvalue weighted by atomic mass is 79.9. The molecule has 1 heterocycles. The number of nitrogens with one attached hydrogen (secondary N) is 1. The lowest BCUT2D eigenvalue weighted by atomic mass is 10.1. The number of fused-ring (bicyclic) bond motifs is 1. The maximum Gasteiger partial charge on any atom is 0.307 e. The molecule has 0 aliphatic heterocycles. The first-order valence-electron chi connectivity index (χ1n) is 10.7. The second-order valence-corrected chi connectivity index (χ2v) is 9.83. The van der Waals surface area contributed by atoms with Crippen molar-refractivity contribution in [2.75, 3.05) is 6.61 Å². The van der Waals surface area contributed by atoms with E-state index in [4.69, 9.17) is 25.5 Å². The first-order chi connectivity index (χ1) is 16.8. The average Bonchev–Trinajstić information content (AvgIpc) is 3.23. The minimum Gasteiger partial charge on any atom is -0.490 e. The van der Waals surface area contributed by atoms with Gasteiger partial charge in [-0.2, -0.15) is 5.10 Å². The summed E-state index contributed by atoms with van der Waals surface area (Å²) in [7, 11) is 0. The molecule has 0 saturated carbocycles. The van der Waals surface area contributed by atoms with Crippen LogP contribution in [0.1, 0.15) is 34.2 Å². The number of hydrogen-bond acceptors (Lipinski definition) is 5. The lowest BCUT2D eigenvalue weighted by Crippen LogP contribution is -2.16. The predicted molar refractivity (Wildman–Crippen MR) is 145 cm³/mol. The molecule has 0 atom stereocenters. The van der Waals surface area contributed by atoms with Crippen molar-refractivity contribution in [1.82, 2.24) is 5.43 Å². The highest BCUT2D eigenvalue weighted by Gasteiger charge is 2.15. The van der Waals surface area contributed by atoms with Crippen LogP contribution >= 0.6 is 43.5 Å². The first-order valence-corrected chi connectivity index (χ1v) is 12.7. The summed E-state index contributed by atoms with van der Waals surface area (Å²) in [5, 5.41) is 5.21. The molecule has 1 N–H and O–H groups in total. The van der Waals surface area contributed by atoms with Gasteiger partial charge in [-0.15, -0.1) is 0 Å². The number of aryl methyl sites for hydroxylation is 1. The average molecular weight is 621 g/mol. The molecule has 3 aromatic carbocycles. The van der Waals surface area contributed by atoms with Crippen LogP contribution in [-0.4, -0.2) is 18.7 Å². The van der Waals surface area contributed by atoms with Crippen molar-refractivity contribution in [3.63, 3.8) is 0 Å². The van der Waals surface area contributed by atoms with Gasteiger partial charge in [0.25, 0.3) is 0 Å². The van der Waals surface area contributed by atoms with Gasteiger partial charge in [-0.1, -0.05) is 57.4 Å². The minimum absolute atomic E-state index is 0.142. The number of benzene rings is 3. The molecule has 0 saturated heterocycles. The van der Waals surface area contributed by atoms with Crippen molar-refractivity contribution >= 4 is 66.6 Å². The fourth-order valence-corrected chi connectivity index (χ4v) is 5.04. The normalized spacial score (nSPS) is 11.2. The third-order valence-corrected chi connectivity index (χ3v) is 6.26. The van der Waals surface area contributed by atoms with Crippen LogP contribution in [0.15, 0.2) is 73.1 Å². The molecule has 4 rings (SSSR count). The van der Waals surface area contributed by atoms with E-state index < -0.39 is 5.91 Å². The van der Waals surface area contributed by atoms with Gasteiger partial charge in [0.05, 0.1) is 22.3 Å². The molecule has 0 aliphatic rings. The number of halogens is 3. The quantitative estimate of drug-likeness (QED) is 0.162. The fraction of sp³-hybridized carbons (Fsp3) is 0.154. The van der Waals surface area contributed by atoms with E-state index >= 15 is 0 Å². The van der Waals surface area contributed by atoms with Crippen LogP contribution in [0.25, 0.3) is 11.0 Å². The standard InChI is InChI=1S/C26H21Br2ClN2O4/c1-3-33-22-9-17(8-21(29)25(22)34-14-16-6-4-5-15(2)7-16)13-30-31-26(32)23-11-18-10-19(27)12-20(28)24(18)35-23/h4-13H,3,14H2,1-2H3,(H,31,32)/b30-13-. The zero-order chi connectivity index (χ0) is 24.9. The van der Waals surface area contributed by atoms with Crippen molar-refractivity contribution in [3.8, 4) is 11.5 Å². The zero-order valence-corrected chi connectivity index (χ0v) is 22.8. The molecule has 0 fully saturated rings. The Kier molecular flexibility index (Phi) is 8.15. The van der Waals surface area contributed by atoms with E-state index in [9.17, 15) is 4.79 Å². The second-order valence-electron chi connectivity index (χ2n) is 7.66. The monoisotopic (exact) mass is 618 g/mol. The fourth-order valence-electron chi connectivity index (χ4n) is 3.43. The molecular weight excluding hydrogens is 600 g/mol. The van der Waals surface area contributed by atoms with Crippen LogP contribution < -0.4 is 14.9 Å². The largest absolute Gasteiger partial charge is 0.490 e. The summed E-state index contributed by atoms with van der Waals surface area (Å²) >= 11 is 13.4. The Balaban J connectivity index is 1.48. The zero-order valence-electron chi connectivity index (χ0n) is 18.9. The molecule has 1 amide bonds. The molecule has 4 aromatic rings. The van der Waals surface area contributed by atoms with E-state index in [0.29, 0.717) is 40.9 Å². The Morgan fingerprint density at radius 1 is 1.14 bits per heavy atom. The molecule has 0 bridgehead atoms.